The van der Waals surface area contributed by atoms with Crippen molar-refractivity contribution in [2.75, 3.05) is 13.7 Å². The van der Waals surface area contributed by atoms with E-state index in [1.165, 1.54) is 25.3 Å². The molecule has 0 bridgehead atoms. The molecule has 0 aliphatic carbocycles. The van der Waals surface area contributed by atoms with Gasteiger partial charge in [0.05, 0.1) is 29.0 Å². The van der Waals surface area contributed by atoms with Crippen LogP contribution in [0.15, 0.2) is 53.4 Å². The number of aromatic nitrogens is 2. The summed E-state index contributed by atoms with van der Waals surface area (Å²) in [6.07, 6.45) is 0.552. The van der Waals surface area contributed by atoms with Crippen LogP contribution in [0.2, 0.25) is 0 Å². The lowest BCUT2D eigenvalue weighted by Crippen LogP contribution is -2.26. The van der Waals surface area contributed by atoms with E-state index >= 15 is 0 Å². The third kappa shape index (κ3) is 4.77. The first kappa shape index (κ1) is 21.7. The van der Waals surface area contributed by atoms with Gasteiger partial charge in [0, 0.05) is 12.2 Å². The molecule has 0 saturated carbocycles. The standard InChI is InChI=1S/C22H25N3O4S/c1-15-13-19(22(26)29-4)7-10-21(15)30(27,28)23-12-11-18-5-8-20(9-6-18)25-17(3)14-16(2)24-25/h5-10,13-14,23H,11-12H2,1-4H3. The summed E-state index contributed by atoms with van der Waals surface area (Å²) in [6.45, 7) is 5.87. The summed E-state index contributed by atoms with van der Waals surface area (Å²) in [5, 5.41) is 4.46. The summed E-state index contributed by atoms with van der Waals surface area (Å²) < 4.78 is 34.4. The largest absolute Gasteiger partial charge is 0.465 e. The van der Waals surface area contributed by atoms with Crippen molar-refractivity contribution in [3.05, 3.63) is 76.6 Å². The van der Waals surface area contributed by atoms with Crippen molar-refractivity contribution >= 4 is 16.0 Å². The molecule has 30 heavy (non-hydrogen) atoms. The lowest BCUT2D eigenvalue weighted by molar-refractivity contribution is 0.0600. The molecule has 0 aliphatic heterocycles. The zero-order chi connectivity index (χ0) is 21.9. The van der Waals surface area contributed by atoms with Crippen LogP contribution in [0, 0.1) is 20.8 Å². The predicted octanol–water partition coefficient (Wildman–Crippen LogP) is 3.11. The van der Waals surface area contributed by atoms with Gasteiger partial charge in [0.25, 0.3) is 0 Å². The third-order valence-corrected chi connectivity index (χ3v) is 6.40. The van der Waals surface area contributed by atoms with E-state index in [1.54, 1.807) is 6.92 Å². The number of carbonyl (C=O) groups excluding carboxylic acids is 1. The van der Waals surface area contributed by atoms with Gasteiger partial charge in [0.15, 0.2) is 0 Å². The van der Waals surface area contributed by atoms with Crippen LogP contribution in [0.25, 0.3) is 5.69 Å². The van der Waals surface area contributed by atoms with Crippen molar-refractivity contribution in [1.82, 2.24) is 14.5 Å². The molecule has 3 rings (SSSR count). The minimum atomic E-state index is -3.68. The Labute approximate surface area is 176 Å². The molecule has 0 fully saturated rings. The van der Waals surface area contributed by atoms with Gasteiger partial charge in [0.1, 0.15) is 0 Å². The van der Waals surface area contributed by atoms with Crippen molar-refractivity contribution in [2.24, 2.45) is 0 Å². The number of aryl methyl sites for hydroxylation is 3. The highest BCUT2D eigenvalue weighted by Gasteiger charge is 2.18. The molecule has 7 nitrogen and oxygen atoms in total. The summed E-state index contributed by atoms with van der Waals surface area (Å²) in [4.78, 5) is 11.7. The summed E-state index contributed by atoms with van der Waals surface area (Å²) in [5.41, 5.74) is 4.80. The highest BCUT2D eigenvalue weighted by Crippen LogP contribution is 2.18. The molecular formula is C22H25N3O4S. The van der Waals surface area contributed by atoms with Gasteiger partial charge < -0.3 is 4.74 Å². The molecular weight excluding hydrogens is 402 g/mol. The number of methoxy groups -OCH3 is 1. The second-order valence-corrected chi connectivity index (χ2v) is 8.86. The molecule has 0 radical (unpaired) electrons. The number of hydrogen-bond acceptors (Lipinski definition) is 5. The Hall–Kier alpha value is -2.97. The zero-order valence-corrected chi connectivity index (χ0v) is 18.3. The molecule has 0 unspecified atom stereocenters. The zero-order valence-electron chi connectivity index (χ0n) is 17.5. The molecule has 0 atom stereocenters. The van der Waals surface area contributed by atoms with Gasteiger partial charge in [-0.2, -0.15) is 5.10 Å². The smallest absolute Gasteiger partial charge is 0.337 e. The van der Waals surface area contributed by atoms with E-state index in [9.17, 15) is 13.2 Å². The summed E-state index contributed by atoms with van der Waals surface area (Å²) in [7, 11) is -2.40. The van der Waals surface area contributed by atoms with Crippen molar-refractivity contribution in [1.29, 1.82) is 0 Å². The van der Waals surface area contributed by atoms with Gasteiger partial charge in [-0.05, 0) is 74.7 Å². The van der Waals surface area contributed by atoms with Crippen molar-refractivity contribution in [2.45, 2.75) is 32.1 Å². The average molecular weight is 428 g/mol. The highest BCUT2D eigenvalue weighted by molar-refractivity contribution is 7.89. The lowest BCUT2D eigenvalue weighted by Gasteiger charge is -2.11. The van der Waals surface area contributed by atoms with Crippen molar-refractivity contribution in [3.63, 3.8) is 0 Å². The fraction of sp³-hybridized carbons (Fsp3) is 0.273. The predicted molar refractivity (Wildman–Crippen MR) is 114 cm³/mol. The Balaban J connectivity index is 1.64. The molecule has 158 valence electrons. The van der Waals surface area contributed by atoms with E-state index in [4.69, 9.17) is 0 Å². The van der Waals surface area contributed by atoms with Crippen molar-refractivity contribution < 1.29 is 17.9 Å². The number of nitrogens with one attached hydrogen (secondary N) is 1. The van der Waals surface area contributed by atoms with Crippen LogP contribution in [-0.4, -0.2) is 37.8 Å². The maximum Gasteiger partial charge on any atom is 0.337 e. The van der Waals surface area contributed by atoms with Gasteiger partial charge in [-0.15, -0.1) is 0 Å². The quantitative estimate of drug-likeness (QED) is 0.585. The van der Waals surface area contributed by atoms with Crippen LogP contribution in [0.5, 0.6) is 0 Å². The topological polar surface area (TPSA) is 90.3 Å². The van der Waals surface area contributed by atoms with E-state index in [1.807, 2.05) is 48.9 Å². The molecule has 0 saturated heterocycles. The Morgan fingerprint density at radius 1 is 1.07 bits per heavy atom. The second-order valence-electron chi connectivity index (χ2n) is 7.12. The Kier molecular flexibility index (Phi) is 6.38. The number of sulfonamides is 1. The van der Waals surface area contributed by atoms with Gasteiger partial charge in [-0.25, -0.2) is 22.6 Å². The van der Waals surface area contributed by atoms with Gasteiger partial charge in [-0.3, -0.25) is 0 Å². The molecule has 1 aromatic heterocycles. The van der Waals surface area contributed by atoms with Crippen molar-refractivity contribution in [3.8, 4) is 5.69 Å². The first-order valence-corrected chi connectivity index (χ1v) is 11.0. The normalized spacial score (nSPS) is 11.5. The molecule has 3 aromatic rings. The van der Waals surface area contributed by atoms with E-state index in [2.05, 4.69) is 14.6 Å². The van der Waals surface area contributed by atoms with Crippen LogP contribution in [-0.2, 0) is 21.2 Å². The maximum absolute atomic E-state index is 12.6. The molecule has 2 aromatic carbocycles. The average Bonchev–Trinajstić information content (AvgIpc) is 3.05. The molecule has 0 spiro atoms. The number of rotatable bonds is 7. The van der Waals surface area contributed by atoms with Gasteiger partial charge in [-0.1, -0.05) is 12.1 Å². The fourth-order valence-electron chi connectivity index (χ4n) is 3.30. The minimum Gasteiger partial charge on any atom is -0.465 e. The Morgan fingerprint density at radius 2 is 1.77 bits per heavy atom. The molecule has 0 aliphatic rings. The number of hydrogen-bond donors (Lipinski definition) is 1. The SMILES string of the molecule is COC(=O)c1ccc(S(=O)(=O)NCCc2ccc(-n3nc(C)cc3C)cc2)c(C)c1. The van der Waals surface area contributed by atoms with E-state index in [0.29, 0.717) is 17.5 Å². The molecule has 1 N–H and O–H groups in total. The second kappa shape index (κ2) is 8.81. The number of ether oxygens (including phenoxy) is 1. The molecule has 8 heteroatoms. The number of nitrogens with zero attached hydrogens (tertiary/aromatic N) is 2. The van der Waals surface area contributed by atoms with Crippen LogP contribution < -0.4 is 4.72 Å². The summed E-state index contributed by atoms with van der Waals surface area (Å²) in [5.74, 6) is -0.501. The van der Waals surface area contributed by atoms with Crippen LogP contribution >= 0.6 is 0 Å². The Morgan fingerprint density at radius 3 is 2.33 bits per heavy atom. The van der Waals surface area contributed by atoms with E-state index < -0.39 is 16.0 Å². The lowest BCUT2D eigenvalue weighted by atomic mass is 10.1. The summed E-state index contributed by atoms with van der Waals surface area (Å²) >= 11 is 0. The minimum absolute atomic E-state index is 0.148. The maximum atomic E-state index is 12.6. The third-order valence-electron chi connectivity index (χ3n) is 4.78. The number of carbonyl (C=O) groups is 1. The van der Waals surface area contributed by atoms with Crippen LogP contribution in [0.1, 0.15) is 32.9 Å². The summed E-state index contributed by atoms with van der Waals surface area (Å²) in [6, 6.07) is 14.3. The van der Waals surface area contributed by atoms with Crippen LogP contribution in [0.3, 0.4) is 0 Å². The first-order valence-electron chi connectivity index (χ1n) is 9.52. The molecule has 1 heterocycles. The van der Waals surface area contributed by atoms with Gasteiger partial charge >= 0.3 is 5.97 Å². The monoisotopic (exact) mass is 427 g/mol. The van der Waals surface area contributed by atoms with Crippen LogP contribution in [0.4, 0.5) is 0 Å². The number of benzene rings is 2. The van der Waals surface area contributed by atoms with E-state index in [0.717, 1.165) is 22.6 Å². The highest BCUT2D eigenvalue weighted by atomic mass is 32.2. The first-order chi connectivity index (χ1) is 14.2. The van der Waals surface area contributed by atoms with Gasteiger partial charge in [0.2, 0.25) is 10.0 Å². The molecule has 0 amide bonds. The van der Waals surface area contributed by atoms with E-state index in [-0.39, 0.29) is 11.4 Å². The fourth-order valence-corrected chi connectivity index (χ4v) is 4.55. The number of esters is 1. The Bertz CT molecular complexity index is 1170.